The van der Waals surface area contributed by atoms with Crippen LogP contribution in [0.3, 0.4) is 0 Å². The minimum absolute atomic E-state index is 0. The zero-order valence-electron chi connectivity index (χ0n) is 9.48. The van der Waals surface area contributed by atoms with Gasteiger partial charge >= 0.3 is 0 Å². The Morgan fingerprint density at radius 2 is 2.00 bits per heavy atom. The van der Waals surface area contributed by atoms with Gasteiger partial charge in [0.05, 0.1) is 6.54 Å². The summed E-state index contributed by atoms with van der Waals surface area (Å²) in [5.74, 6) is 0.283. The first-order valence-electron chi connectivity index (χ1n) is 5.29. The van der Waals surface area contributed by atoms with Gasteiger partial charge in [0, 0.05) is 12.5 Å². The second-order valence-electron chi connectivity index (χ2n) is 3.52. The van der Waals surface area contributed by atoms with Crippen molar-refractivity contribution in [3.05, 3.63) is 35.9 Å². The van der Waals surface area contributed by atoms with Crippen LogP contribution in [0.1, 0.15) is 24.8 Å². The molecular weight excluding hydrogens is 224 g/mol. The fourth-order valence-electron chi connectivity index (χ4n) is 1.53. The molecule has 0 saturated carbocycles. The zero-order chi connectivity index (χ0) is 11.1. The van der Waals surface area contributed by atoms with Crippen LogP contribution in [-0.2, 0) is 4.79 Å². The maximum atomic E-state index is 11.0. The Balaban J connectivity index is 0.00000225. The predicted octanol–water partition coefficient (Wildman–Crippen LogP) is 1.68. The van der Waals surface area contributed by atoms with E-state index >= 15 is 0 Å². The average Bonchev–Trinajstić information content (AvgIpc) is 2.31. The summed E-state index contributed by atoms with van der Waals surface area (Å²) in [6, 6.07) is 10.2. The maximum absolute atomic E-state index is 11.0. The highest BCUT2D eigenvalue weighted by atomic mass is 35.5. The van der Waals surface area contributed by atoms with Crippen LogP contribution in [-0.4, -0.2) is 19.0 Å². The lowest BCUT2D eigenvalue weighted by atomic mass is 9.96. The first-order chi connectivity index (χ1) is 7.27. The molecule has 4 heteroatoms. The van der Waals surface area contributed by atoms with Gasteiger partial charge in [0.15, 0.2) is 0 Å². The van der Waals surface area contributed by atoms with Crippen molar-refractivity contribution in [1.29, 1.82) is 0 Å². The number of carbonyl (C=O) groups is 1. The van der Waals surface area contributed by atoms with Crippen molar-refractivity contribution in [3.63, 3.8) is 0 Å². The van der Waals surface area contributed by atoms with E-state index in [1.807, 2.05) is 18.2 Å². The molecular formula is C12H19ClN2O. The lowest BCUT2D eigenvalue weighted by molar-refractivity contribution is -0.119. The van der Waals surface area contributed by atoms with Crippen LogP contribution in [0.4, 0.5) is 0 Å². The molecule has 3 nitrogen and oxygen atoms in total. The van der Waals surface area contributed by atoms with Gasteiger partial charge in [0.1, 0.15) is 0 Å². The minimum Gasteiger partial charge on any atom is -0.354 e. The average molecular weight is 243 g/mol. The first-order valence-corrected chi connectivity index (χ1v) is 5.29. The summed E-state index contributed by atoms with van der Waals surface area (Å²) in [5, 5.41) is 2.82. The van der Waals surface area contributed by atoms with Gasteiger partial charge in [-0.1, -0.05) is 37.3 Å². The number of amides is 1. The molecule has 90 valence electrons. The second kappa shape index (κ2) is 8.13. The Bertz CT molecular complexity index is 303. The highest BCUT2D eigenvalue weighted by Gasteiger charge is 2.09. The molecule has 0 fully saturated rings. The van der Waals surface area contributed by atoms with Crippen LogP contribution in [0.2, 0.25) is 0 Å². The van der Waals surface area contributed by atoms with E-state index in [1.54, 1.807) is 0 Å². The monoisotopic (exact) mass is 242 g/mol. The van der Waals surface area contributed by atoms with Crippen molar-refractivity contribution in [1.82, 2.24) is 5.32 Å². The lowest BCUT2D eigenvalue weighted by Gasteiger charge is -2.15. The van der Waals surface area contributed by atoms with Gasteiger partial charge in [-0.2, -0.15) is 0 Å². The highest BCUT2D eigenvalue weighted by Crippen LogP contribution is 2.17. The largest absolute Gasteiger partial charge is 0.354 e. The Morgan fingerprint density at radius 1 is 1.38 bits per heavy atom. The third kappa shape index (κ3) is 4.64. The van der Waals surface area contributed by atoms with E-state index in [2.05, 4.69) is 24.4 Å². The third-order valence-corrected chi connectivity index (χ3v) is 2.49. The molecule has 1 rings (SSSR count). The quantitative estimate of drug-likeness (QED) is 0.826. The van der Waals surface area contributed by atoms with Crippen LogP contribution in [0.15, 0.2) is 30.3 Å². The SMILES string of the molecule is CCC(CNC(=O)CN)c1ccccc1.Cl. The molecule has 0 heterocycles. The highest BCUT2D eigenvalue weighted by molar-refractivity contribution is 5.85. The Labute approximate surface area is 103 Å². The van der Waals surface area contributed by atoms with Crippen molar-refractivity contribution in [2.45, 2.75) is 19.3 Å². The number of rotatable bonds is 5. The molecule has 1 aromatic carbocycles. The number of halogens is 1. The van der Waals surface area contributed by atoms with Crippen molar-refractivity contribution >= 4 is 18.3 Å². The standard InChI is InChI=1S/C12H18N2O.ClH/c1-2-10(9-14-12(15)8-13)11-6-4-3-5-7-11;/h3-7,10H,2,8-9,13H2,1H3,(H,14,15);1H. The summed E-state index contributed by atoms with van der Waals surface area (Å²) < 4.78 is 0. The Kier molecular flexibility index (Phi) is 7.60. The molecule has 16 heavy (non-hydrogen) atoms. The molecule has 1 amide bonds. The molecule has 0 radical (unpaired) electrons. The second-order valence-corrected chi connectivity index (χ2v) is 3.52. The molecule has 0 aromatic heterocycles. The molecule has 1 atom stereocenters. The van der Waals surface area contributed by atoms with E-state index in [0.29, 0.717) is 12.5 Å². The van der Waals surface area contributed by atoms with E-state index in [1.165, 1.54) is 5.56 Å². The van der Waals surface area contributed by atoms with Gasteiger partial charge < -0.3 is 11.1 Å². The molecule has 0 aliphatic heterocycles. The molecule has 1 unspecified atom stereocenters. The van der Waals surface area contributed by atoms with E-state index in [4.69, 9.17) is 5.73 Å². The summed E-state index contributed by atoms with van der Waals surface area (Å²) in [6.07, 6.45) is 1.01. The molecule has 3 N–H and O–H groups in total. The smallest absolute Gasteiger partial charge is 0.233 e. The fraction of sp³-hybridized carbons (Fsp3) is 0.417. The van der Waals surface area contributed by atoms with Crippen molar-refractivity contribution < 1.29 is 4.79 Å². The molecule has 0 aliphatic carbocycles. The normalized spacial score (nSPS) is 11.4. The number of carbonyl (C=O) groups excluding carboxylic acids is 1. The molecule has 0 spiro atoms. The van der Waals surface area contributed by atoms with Crippen molar-refractivity contribution in [3.8, 4) is 0 Å². The number of nitrogens with two attached hydrogens (primary N) is 1. The topological polar surface area (TPSA) is 55.1 Å². The zero-order valence-corrected chi connectivity index (χ0v) is 10.3. The predicted molar refractivity (Wildman–Crippen MR) is 68.8 cm³/mol. The Hall–Kier alpha value is -1.06. The first kappa shape index (κ1) is 14.9. The van der Waals surface area contributed by atoms with Gasteiger partial charge in [-0.05, 0) is 12.0 Å². The maximum Gasteiger partial charge on any atom is 0.233 e. The van der Waals surface area contributed by atoms with Crippen LogP contribution < -0.4 is 11.1 Å². The van der Waals surface area contributed by atoms with Crippen molar-refractivity contribution in [2.75, 3.05) is 13.1 Å². The molecule has 0 aliphatic rings. The van der Waals surface area contributed by atoms with E-state index in [0.717, 1.165) is 6.42 Å². The summed E-state index contributed by atoms with van der Waals surface area (Å²) >= 11 is 0. The van der Waals surface area contributed by atoms with E-state index < -0.39 is 0 Å². The van der Waals surface area contributed by atoms with Gasteiger partial charge in [0.25, 0.3) is 0 Å². The van der Waals surface area contributed by atoms with Gasteiger partial charge in [0.2, 0.25) is 5.91 Å². The van der Waals surface area contributed by atoms with Crippen LogP contribution in [0.5, 0.6) is 0 Å². The summed E-state index contributed by atoms with van der Waals surface area (Å²) in [7, 11) is 0. The minimum atomic E-state index is -0.0932. The summed E-state index contributed by atoms with van der Waals surface area (Å²) in [5.41, 5.74) is 6.49. The van der Waals surface area contributed by atoms with Gasteiger partial charge in [-0.3, -0.25) is 4.79 Å². The van der Waals surface area contributed by atoms with E-state index in [-0.39, 0.29) is 24.9 Å². The summed E-state index contributed by atoms with van der Waals surface area (Å²) in [6.45, 7) is 2.84. The van der Waals surface area contributed by atoms with Crippen molar-refractivity contribution in [2.24, 2.45) is 5.73 Å². The number of hydrogen-bond acceptors (Lipinski definition) is 2. The lowest BCUT2D eigenvalue weighted by Crippen LogP contribution is -2.33. The summed E-state index contributed by atoms with van der Waals surface area (Å²) in [4.78, 5) is 11.0. The Morgan fingerprint density at radius 3 is 2.50 bits per heavy atom. The van der Waals surface area contributed by atoms with Crippen LogP contribution >= 0.6 is 12.4 Å². The van der Waals surface area contributed by atoms with Gasteiger partial charge in [-0.25, -0.2) is 0 Å². The molecule has 1 aromatic rings. The third-order valence-electron chi connectivity index (χ3n) is 2.49. The van der Waals surface area contributed by atoms with Gasteiger partial charge in [-0.15, -0.1) is 12.4 Å². The molecule has 0 bridgehead atoms. The van der Waals surface area contributed by atoms with Crippen LogP contribution in [0, 0.1) is 0 Å². The van der Waals surface area contributed by atoms with E-state index in [9.17, 15) is 4.79 Å². The number of hydrogen-bond donors (Lipinski definition) is 2. The number of nitrogens with one attached hydrogen (secondary N) is 1. The van der Waals surface area contributed by atoms with Crippen LogP contribution in [0.25, 0.3) is 0 Å². The number of benzene rings is 1. The fourth-order valence-corrected chi connectivity index (χ4v) is 1.53. The molecule has 0 saturated heterocycles.